The minimum atomic E-state index is -0.816. The molecule has 1 aromatic carbocycles. The van der Waals surface area contributed by atoms with E-state index in [-0.39, 0.29) is 5.92 Å². The summed E-state index contributed by atoms with van der Waals surface area (Å²) in [5, 5.41) is 14.4. The molecule has 0 radical (unpaired) electrons. The summed E-state index contributed by atoms with van der Waals surface area (Å²) in [7, 11) is 0. The first kappa shape index (κ1) is 12.3. The van der Waals surface area contributed by atoms with E-state index in [1.54, 1.807) is 0 Å². The minimum absolute atomic E-state index is 0.175. The zero-order chi connectivity index (χ0) is 12.3. The van der Waals surface area contributed by atoms with Gasteiger partial charge >= 0.3 is 0 Å². The van der Waals surface area contributed by atoms with E-state index in [4.69, 9.17) is 0 Å². The molecule has 0 bridgehead atoms. The Kier molecular flexibility index (Phi) is 3.65. The summed E-state index contributed by atoms with van der Waals surface area (Å²) < 4.78 is 0. The van der Waals surface area contributed by atoms with Gasteiger partial charge in [-0.05, 0) is 30.0 Å². The van der Waals surface area contributed by atoms with Crippen LogP contribution in [0.5, 0.6) is 0 Å². The van der Waals surface area contributed by atoms with Crippen LogP contribution in [0.2, 0.25) is 0 Å². The van der Waals surface area contributed by atoms with Gasteiger partial charge in [-0.3, -0.25) is 0 Å². The van der Waals surface area contributed by atoms with Crippen LogP contribution in [0.3, 0.4) is 0 Å². The number of aliphatic hydroxyl groups is 1. The maximum atomic E-state index is 11.1. The summed E-state index contributed by atoms with van der Waals surface area (Å²) in [5.41, 5.74) is 1.34. The molecule has 0 aromatic heterocycles. The van der Waals surface area contributed by atoms with Crippen molar-refractivity contribution in [2.24, 2.45) is 5.92 Å². The summed E-state index contributed by atoms with van der Waals surface area (Å²) >= 11 is 0. The summed E-state index contributed by atoms with van der Waals surface area (Å²) in [5.74, 6) is 0.175. The Hall–Kier alpha value is -1.12. The van der Waals surface area contributed by atoms with Gasteiger partial charge in [-0.1, -0.05) is 50.3 Å². The molecule has 92 valence electrons. The van der Waals surface area contributed by atoms with Gasteiger partial charge < -0.3 is 10.4 Å². The third-order valence-corrected chi connectivity index (χ3v) is 3.60. The van der Waals surface area contributed by atoms with E-state index in [1.165, 1.54) is 0 Å². The standard InChI is InChI=1S/C15H21NO/c1-12(2)15(17,13-6-4-3-5-7-13)14-8-10-16-11-9-14/h3-8,12,16-17H,9-11H2,1-2H3. The molecule has 1 atom stereocenters. The van der Waals surface area contributed by atoms with E-state index in [9.17, 15) is 5.11 Å². The van der Waals surface area contributed by atoms with Crippen molar-refractivity contribution < 1.29 is 5.11 Å². The molecule has 0 aliphatic carbocycles. The number of hydrogen-bond donors (Lipinski definition) is 2. The molecule has 0 saturated heterocycles. The number of rotatable bonds is 3. The first-order valence-electron chi connectivity index (χ1n) is 6.34. The second-order valence-corrected chi connectivity index (χ2v) is 4.97. The Labute approximate surface area is 103 Å². The Morgan fingerprint density at radius 3 is 2.47 bits per heavy atom. The highest BCUT2D eigenvalue weighted by atomic mass is 16.3. The van der Waals surface area contributed by atoms with Crippen molar-refractivity contribution in [2.75, 3.05) is 13.1 Å². The molecule has 0 amide bonds. The van der Waals surface area contributed by atoms with Gasteiger partial charge in [0.25, 0.3) is 0 Å². The SMILES string of the molecule is CC(C)C(O)(C1=CCNCC1)c1ccccc1. The van der Waals surface area contributed by atoms with Crippen LogP contribution in [0.25, 0.3) is 0 Å². The Bertz CT molecular complexity index is 397. The molecule has 0 saturated carbocycles. The Morgan fingerprint density at radius 2 is 1.94 bits per heavy atom. The zero-order valence-corrected chi connectivity index (χ0v) is 10.6. The third-order valence-electron chi connectivity index (χ3n) is 3.60. The fraction of sp³-hybridized carbons (Fsp3) is 0.467. The Morgan fingerprint density at radius 1 is 1.24 bits per heavy atom. The molecule has 1 unspecified atom stereocenters. The molecule has 2 N–H and O–H groups in total. The minimum Gasteiger partial charge on any atom is -0.380 e. The van der Waals surface area contributed by atoms with E-state index < -0.39 is 5.60 Å². The van der Waals surface area contributed by atoms with Crippen molar-refractivity contribution in [3.05, 3.63) is 47.5 Å². The normalized spacial score (nSPS) is 19.9. The van der Waals surface area contributed by atoms with E-state index in [0.29, 0.717) is 0 Å². The predicted molar refractivity (Wildman–Crippen MR) is 70.7 cm³/mol. The van der Waals surface area contributed by atoms with E-state index in [2.05, 4.69) is 25.2 Å². The lowest BCUT2D eigenvalue weighted by molar-refractivity contribution is 0.0231. The fourth-order valence-corrected chi connectivity index (χ4v) is 2.55. The highest BCUT2D eigenvalue weighted by Gasteiger charge is 2.36. The monoisotopic (exact) mass is 231 g/mol. The van der Waals surface area contributed by atoms with Crippen molar-refractivity contribution in [1.82, 2.24) is 5.32 Å². The summed E-state index contributed by atoms with van der Waals surface area (Å²) in [6.07, 6.45) is 3.06. The molecular formula is C15H21NO. The van der Waals surface area contributed by atoms with E-state index >= 15 is 0 Å². The first-order valence-corrected chi connectivity index (χ1v) is 6.34. The third kappa shape index (κ3) is 2.28. The molecule has 0 fully saturated rings. The van der Waals surface area contributed by atoms with Crippen LogP contribution in [-0.2, 0) is 5.60 Å². The quantitative estimate of drug-likeness (QED) is 0.783. The molecule has 0 spiro atoms. The molecule has 2 heteroatoms. The highest BCUT2D eigenvalue weighted by Crippen LogP contribution is 2.38. The van der Waals surface area contributed by atoms with Crippen LogP contribution >= 0.6 is 0 Å². The molecule has 2 nitrogen and oxygen atoms in total. The average molecular weight is 231 g/mol. The van der Waals surface area contributed by atoms with Gasteiger partial charge in [-0.2, -0.15) is 0 Å². The van der Waals surface area contributed by atoms with Gasteiger partial charge in [-0.15, -0.1) is 0 Å². The van der Waals surface area contributed by atoms with Crippen molar-refractivity contribution >= 4 is 0 Å². The summed E-state index contributed by atoms with van der Waals surface area (Å²) in [6, 6.07) is 10.0. The van der Waals surface area contributed by atoms with Gasteiger partial charge in [0.05, 0.1) is 0 Å². The van der Waals surface area contributed by atoms with Crippen LogP contribution in [-0.4, -0.2) is 18.2 Å². The zero-order valence-electron chi connectivity index (χ0n) is 10.6. The van der Waals surface area contributed by atoms with Crippen LogP contribution in [0.1, 0.15) is 25.8 Å². The molecular weight excluding hydrogens is 210 g/mol. The fourth-order valence-electron chi connectivity index (χ4n) is 2.55. The molecule has 1 aliphatic rings. The molecule has 2 rings (SSSR count). The molecule has 1 aliphatic heterocycles. The topological polar surface area (TPSA) is 32.3 Å². The number of nitrogens with one attached hydrogen (secondary N) is 1. The Balaban J connectivity index is 2.42. The predicted octanol–water partition coefficient (Wildman–Crippen LogP) is 2.45. The number of benzene rings is 1. The van der Waals surface area contributed by atoms with Gasteiger partial charge in [0.2, 0.25) is 0 Å². The highest BCUT2D eigenvalue weighted by molar-refractivity contribution is 5.34. The summed E-state index contributed by atoms with van der Waals surface area (Å²) in [6.45, 7) is 5.97. The van der Waals surface area contributed by atoms with Gasteiger partial charge in [0, 0.05) is 6.54 Å². The second kappa shape index (κ2) is 5.03. The van der Waals surface area contributed by atoms with Crippen molar-refractivity contribution in [3.63, 3.8) is 0 Å². The lowest BCUT2D eigenvalue weighted by Crippen LogP contribution is -2.38. The molecule has 1 aromatic rings. The van der Waals surface area contributed by atoms with Crippen molar-refractivity contribution in [3.8, 4) is 0 Å². The van der Waals surface area contributed by atoms with E-state index in [1.807, 2.05) is 30.3 Å². The van der Waals surface area contributed by atoms with Crippen LogP contribution in [0.4, 0.5) is 0 Å². The smallest absolute Gasteiger partial charge is 0.113 e. The van der Waals surface area contributed by atoms with Crippen LogP contribution in [0, 0.1) is 5.92 Å². The largest absolute Gasteiger partial charge is 0.380 e. The lowest BCUT2D eigenvalue weighted by Gasteiger charge is -2.37. The molecule has 1 heterocycles. The summed E-state index contributed by atoms with van der Waals surface area (Å²) in [4.78, 5) is 0. The van der Waals surface area contributed by atoms with Crippen molar-refractivity contribution in [2.45, 2.75) is 25.9 Å². The first-order chi connectivity index (χ1) is 8.15. The van der Waals surface area contributed by atoms with Crippen molar-refractivity contribution in [1.29, 1.82) is 0 Å². The van der Waals surface area contributed by atoms with Gasteiger partial charge in [-0.25, -0.2) is 0 Å². The average Bonchev–Trinajstić information content (AvgIpc) is 2.39. The van der Waals surface area contributed by atoms with Gasteiger partial charge in [0.15, 0.2) is 0 Å². The van der Waals surface area contributed by atoms with Gasteiger partial charge in [0.1, 0.15) is 5.60 Å². The maximum Gasteiger partial charge on any atom is 0.113 e. The second-order valence-electron chi connectivity index (χ2n) is 4.97. The molecule has 17 heavy (non-hydrogen) atoms. The lowest BCUT2D eigenvalue weighted by atomic mass is 9.75. The number of hydrogen-bond acceptors (Lipinski definition) is 2. The maximum absolute atomic E-state index is 11.1. The van der Waals surface area contributed by atoms with Crippen LogP contribution in [0.15, 0.2) is 42.0 Å². The van der Waals surface area contributed by atoms with Crippen LogP contribution < -0.4 is 5.32 Å². The van der Waals surface area contributed by atoms with E-state index in [0.717, 1.165) is 30.6 Å².